The second kappa shape index (κ2) is 9.35. The predicted octanol–water partition coefficient (Wildman–Crippen LogP) is 2.70. The van der Waals surface area contributed by atoms with E-state index in [0.717, 1.165) is 28.9 Å². The number of carbonyl (C=O) groups is 4. The van der Waals surface area contributed by atoms with Crippen molar-refractivity contribution in [3.8, 4) is 0 Å². The van der Waals surface area contributed by atoms with E-state index in [0.29, 0.717) is 29.7 Å². The van der Waals surface area contributed by atoms with Gasteiger partial charge in [0.15, 0.2) is 0 Å². The van der Waals surface area contributed by atoms with Crippen LogP contribution in [0.1, 0.15) is 61.8 Å². The van der Waals surface area contributed by atoms with Crippen molar-refractivity contribution in [1.82, 2.24) is 9.80 Å². The fraction of sp³-hybridized carbons (Fsp3) is 0.467. The van der Waals surface area contributed by atoms with E-state index in [9.17, 15) is 28.7 Å². The summed E-state index contributed by atoms with van der Waals surface area (Å²) in [7, 11) is 0. The Morgan fingerprint density at radius 1 is 1.10 bits per heavy atom. The summed E-state index contributed by atoms with van der Waals surface area (Å²) in [5.74, 6) is -2.10. The van der Waals surface area contributed by atoms with Gasteiger partial charge in [0.05, 0.1) is 5.54 Å². The molecule has 0 aromatic heterocycles. The molecule has 4 N–H and O–H groups in total. The second-order valence-corrected chi connectivity index (χ2v) is 12.2. The minimum absolute atomic E-state index is 0.0423. The fourth-order valence-electron chi connectivity index (χ4n) is 6.26. The highest BCUT2D eigenvalue weighted by molar-refractivity contribution is 6.06. The molecular weight excluding hydrogens is 531 g/mol. The number of imide groups is 1. The zero-order chi connectivity index (χ0) is 29.3. The zero-order valence-corrected chi connectivity index (χ0v) is 23.0. The number of hydrogen-bond donors (Lipinski definition) is 3. The average Bonchev–Trinajstić information content (AvgIpc) is 3.69. The number of aliphatic hydroxyl groups is 1. The molecule has 2 heterocycles. The number of aryl methyl sites for hydroxylation is 2. The molecule has 0 bridgehead atoms. The summed E-state index contributed by atoms with van der Waals surface area (Å²) in [5, 5.41) is 14.5. The first-order chi connectivity index (χ1) is 19.3. The lowest BCUT2D eigenvalue weighted by atomic mass is 9.94. The Bertz CT molecular complexity index is 1480. The predicted molar refractivity (Wildman–Crippen MR) is 144 cm³/mol. The Morgan fingerprint density at radius 3 is 2.54 bits per heavy atom. The van der Waals surface area contributed by atoms with Crippen LogP contribution in [0.3, 0.4) is 0 Å². The summed E-state index contributed by atoms with van der Waals surface area (Å²) < 4.78 is 19.6. The van der Waals surface area contributed by atoms with Crippen molar-refractivity contribution in [2.24, 2.45) is 11.7 Å². The van der Waals surface area contributed by atoms with E-state index in [2.05, 4.69) is 5.32 Å². The first-order valence-corrected chi connectivity index (χ1v) is 13.9. The number of anilines is 1. The lowest BCUT2D eigenvalue weighted by Crippen LogP contribution is -2.55. The van der Waals surface area contributed by atoms with Gasteiger partial charge in [-0.15, -0.1) is 0 Å². The highest BCUT2D eigenvalue weighted by Gasteiger charge is 2.59. The smallest absolute Gasteiger partial charge is 0.418 e. The Balaban J connectivity index is 1.24. The SMILES string of the molecule is CC(C)(N)C(=O)Nc1ccc2c(c1)CC[C@]21OC(=O)N(CC(=O)N2Cc3ccc(F)cc3CC[C@@]2(O)C2CC2)C1=O. The molecule has 4 aliphatic rings. The molecule has 1 saturated carbocycles. The molecular formula is C30H33FN4O6. The number of ether oxygens (including phenoxy) is 1. The van der Waals surface area contributed by atoms with Crippen LogP contribution in [0.4, 0.5) is 14.9 Å². The van der Waals surface area contributed by atoms with Crippen molar-refractivity contribution in [3.05, 3.63) is 64.5 Å². The van der Waals surface area contributed by atoms with Crippen LogP contribution in [0.15, 0.2) is 36.4 Å². The number of nitrogens with zero attached hydrogens (tertiary/aromatic N) is 2. The molecule has 2 fully saturated rings. The Hall–Kier alpha value is -3.83. The summed E-state index contributed by atoms with van der Waals surface area (Å²) in [6.07, 6.45) is 1.83. The quantitative estimate of drug-likeness (QED) is 0.507. The maximum atomic E-state index is 13.9. The van der Waals surface area contributed by atoms with Gasteiger partial charge in [0.25, 0.3) is 5.91 Å². The molecule has 2 aromatic carbocycles. The summed E-state index contributed by atoms with van der Waals surface area (Å²) in [6, 6.07) is 9.35. The first kappa shape index (κ1) is 27.3. The van der Waals surface area contributed by atoms with Gasteiger partial charge in [0.1, 0.15) is 18.1 Å². The van der Waals surface area contributed by atoms with Crippen molar-refractivity contribution in [2.75, 3.05) is 11.9 Å². The van der Waals surface area contributed by atoms with Crippen molar-refractivity contribution in [3.63, 3.8) is 0 Å². The van der Waals surface area contributed by atoms with Crippen molar-refractivity contribution < 1.29 is 33.4 Å². The molecule has 0 unspecified atom stereocenters. The Labute approximate surface area is 236 Å². The maximum Gasteiger partial charge on any atom is 0.418 e. The van der Waals surface area contributed by atoms with Crippen LogP contribution < -0.4 is 11.1 Å². The van der Waals surface area contributed by atoms with Gasteiger partial charge in [-0.1, -0.05) is 12.1 Å². The molecule has 1 spiro atoms. The number of nitrogens with one attached hydrogen (secondary N) is 1. The largest absolute Gasteiger partial charge is 0.427 e. The van der Waals surface area contributed by atoms with E-state index in [4.69, 9.17) is 10.5 Å². The molecule has 6 rings (SSSR count). The summed E-state index contributed by atoms with van der Waals surface area (Å²) in [4.78, 5) is 55.0. The summed E-state index contributed by atoms with van der Waals surface area (Å²) in [6.45, 7) is 2.64. The second-order valence-electron chi connectivity index (χ2n) is 12.2. The topological polar surface area (TPSA) is 142 Å². The maximum absolute atomic E-state index is 13.9. The number of rotatable bonds is 5. The van der Waals surface area contributed by atoms with Crippen molar-refractivity contribution >= 4 is 29.5 Å². The molecule has 216 valence electrons. The third kappa shape index (κ3) is 4.57. The molecule has 0 radical (unpaired) electrons. The molecule has 1 saturated heterocycles. The van der Waals surface area contributed by atoms with Crippen LogP contribution in [0, 0.1) is 11.7 Å². The average molecular weight is 565 g/mol. The summed E-state index contributed by atoms with van der Waals surface area (Å²) in [5.41, 5.74) is 4.97. The molecule has 10 nitrogen and oxygen atoms in total. The first-order valence-electron chi connectivity index (χ1n) is 13.9. The van der Waals surface area contributed by atoms with Gasteiger partial charge in [-0.3, -0.25) is 14.4 Å². The number of amides is 4. The van der Waals surface area contributed by atoms with Gasteiger partial charge < -0.3 is 25.8 Å². The zero-order valence-electron chi connectivity index (χ0n) is 23.0. The van der Waals surface area contributed by atoms with Crippen LogP contribution >= 0.6 is 0 Å². The minimum Gasteiger partial charge on any atom is -0.427 e. The van der Waals surface area contributed by atoms with Gasteiger partial charge in [-0.25, -0.2) is 14.1 Å². The molecule has 2 atom stereocenters. The number of hydrogen-bond acceptors (Lipinski definition) is 7. The van der Waals surface area contributed by atoms with Crippen LogP contribution in [0.25, 0.3) is 0 Å². The van der Waals surface area contributed by atoms with E-state index in [1.807, 2.05) is 0 Å². The third-order valence-corrected chi connectivity index (χ3v) is 8.75. The molecule has 2 aliphatic heterocycles. The molecule has 2 aromatic rings. The standard InChI is InChI=1S/C30H33FN4O6/c1-28(2,32)25(37)33-22-7-8-23-18(14-22)9-11-29(23)26(38)34(27(39)41-29)16-24(36)35-15-19-3-6-21(31)13-17(19)10-12-30(35,40)20-4-5-20/h3,6-8,13-14,20,40H,4-5,9-12,15-16,32H2,1-2H3,(H,33,37)/t29-,30+/m0/s1. The number of carbonyl (C=O) groups excluding carboxylic acids is 4. The van der Waals surface area contributed by atoms with Gasteiger partial charge in [-0.05, 0) is 86.9 Å². The highest BCUT2D eigenvalue weighted by atomic mass is 19.1. The molecule has 11 heteroatoms. The van der Waals surface area contributed by atoms with E-state index in [1.165, 1.54) is 17.0 Å². The van der Waals surface area contributed by atoms with Crippen LogP contribution in [-0.4, -0.2) is 56.5 Å². The lowest BCUT2D eigenvalue weighted by molar-refractivity contribution is -0.170. The lowest BCUT2D eigenvalue weighted by Gasteiger charge is -2.39. The van der Waals surface area contributed by atoms with E-state index < -0.39 is 41.3 Å². The van der Waals surface area contributed by atoms with E-state index in [-0.39, 0.29) is 37.0 Å². The number of fused-ring (bicyclic) bond motifs is 3. The van der Waals surface area contributed by atoms with E-state index >= 15 is 0 Å². The number of halogens is 1. The Kier molecular flexibility index (Phi) is 6.24. The van der Waals surface area contributed by atoms with Crippen molar-refractivity contribution in [1.29, 1.82) is 0 Å². The van der Waals surface area contributed by atoms with Crippen LogP contribution in [0.2, 0.25) is 0 Å². The van der Waals surface area contributed by atoms with Crippen molar-refractivity contribution in [2.45, 2.75) is 75.8 Å². The fourth-order valence-corrected chi connectivity index (χ4v) is 6.26. The van der Waals surface area contributed by atoms with Crippen LogP contribution in [0.5, 0.6) is 0 Å². The Morgan fingerprint density at radius 2 is 1.83 bits per heavy atom. The highest BCUT2D eigenvalue weighted by Crippen LogP contribution is 2.48. The monoisotopic (exact) mass is 564 g/mol. The van der Waals surface area contributed by atoms with E-state index in [1.54, 1.807) is 38.1 Å². The summed E-state index contributed by atoms with van der Waals surface area (Å²) >= 11 is 0. The third-order valence-electron chi connectivity index (χ3n) is 8.75. The number of benzene rings is 2. The van der Waals surface area contributed by atoms with Gasteiger partial charge in [0.2, 0.25) is 17.4 Å². The van der Waals surface area contributed by atoms with Crippen LogP contribution in [-0.2, 0) is 44.1 Å². The number of nitrogens with two attached hydrogens (primary N) is 1. The molecule has 41 heavy (non-hydrogen) atoms. The van der Waals surface area contributed by atoms with Gasteiger partial charge >= 0.3 is 6.09 Å². The van der Waals surface area contributed by atoms with Gasteiger partial charge in [0, 0.05) is 30.1 Å². The molecule has 2 aliphatic carbocycles. The molecule has 4 amide bonds. The minimum atomic E-state index is -1.56. The van der Waals surface area contributed by atoms with Gasteiger partial charge in [-0.2, -0.15) is 0 Å². The normalized spacial score (nSPS) is 25.6.